The molecule has 0 saturated heterocycles. The Labute approximate surface area is 93.7 Å². The predicted octanol–water partition coefficient (Wildman–Crippen LogP) is 1.95. The molecule has 84 valence electrons. The van der Waals surface area contributed by atoms with E-state index in [1.807, 2.05) is 0 Å². The van der Waals surface area contributed by atoms with Gasteiger partial charge in [0.15, 0.2) is 11.5 Å². The molecule has 0 bridgehead atoms. The zero-order valence-electron chi connectivity index (χ0n) is 9.27. The van der Waals surface area contributed by atoms with Crippen LogP contribution in [0, 0.1) is 5.92 Å². The minimum atomic E-state index is 0.453. The molecule has 0 amide bonds. The average Bonchev–Trinajstić information content (AvgIpc) is 2.94. The van der Waals surface area contributed by atoms with Crippen LogP contribution < -0.4 is 5.32 Å². The Morgan fingerprint density at radius 1 is 1.44 bits per heavy atom. The number of rotatable bonds is 4. The van der Waals surface area contributed by atoms with Crippen LogP contribution in [-0.2, 0) is 0 Å². The molecule has 1 atom stereocenters. The Hall–Kier alpha value is -1.65. The van der Waals surface area contributed by atoms with Crippen molar-refractivity contribution in [2.45, 2.75) is 32.2 Å². The smallest absolute Gasteiger partial charge is 0.182 e. The zero-order chi connectivity index (χ0) is 11.0. The van der Waals surface area contributed by atoms with E-state index < -0.39 is 0 Å². The van der Waals surface area contributed by atoms with E-state index in [9.17, 15) is 0 Å². The van der Waals surface area contributed by atoms with Crippen LogP contribution in [0.5, 0.6) is 0 Å². The number of nitrogens with one attached hydrogen (secondary N) is 2. The summed E-state index contributed by atoms with van der Waals surface area (Å²) in [6.45, 7) is 2.20. The van der Waals surface area contributed by atoms with Gasteiger partial charge >= 0.3 is 0 Å². The summed E-state index contributed by atoms with van der Waals surface area (Å²) in [5, 5.41) is 3.42. The van der Waals surface area contributed by atoms with E-state index in [1.165, 1.54) is 19.3 Å². The molecule has 2 heterocycles. The molecule has 5 nitrogen and oxygen atoms in total. The number of aromatic nitrogens is 4. The first-order valence-electron chi connectivity index (χ1n) is 5.73. The van der Waals surface area contributed by atoms with Crippen molar-refractivity contribution in [2.24, 2.45) is 5.92 Å². The van der Waals surface area contributed by atoms with Crippen LogP contribution in [0.15, 0.2) is 12.7 Å². The number of imidazole rings is 1. The van der Waals surface area contributed by atoms with Crippen molar-refractivity contribution in [2.75, 3.05) is 5.32 Å². The lowest BCUT2D eigenvalue weighted by Gasteiger charge is -2.13. The van der Waals surface area contributed by atoms with Gasteiger partial charge in [-0.3, -0.25) is 0 Å². The summed E-state index contributed by atoms with van der Waals surface area (Å²) in [4.78, 5) is 15.5. The van der Waals surface area contributed by atoms with Gasteiger partial charge in [0.1, 0.15) is 11.8 Å². The Morgan fingerprint density at radius 3 is 3.12 bits per heavy atom. The molecule has 1 saturated carbocycles. The molecule has 2 aromatic heterocycles. The van der Waals surface area contributed by atoms with Gasteiger partial charge in [0.25, 0.3) is 0 Å². The molecule has 0 spiro atoms. The SMILES string of the molecule is CC(CC1CC1)Nc1ncnc2nc[nH]c12. The number of H-pyrrole nitrogens is 1. The third-order valence-electron chi connectivity index (χ3n) is 2.99. The summed E-state index contributed by atoms with van der Waals surface area (Å²) in [7, 11) is 0. The highest BCUT2D eigenvalue weighted by Crippen LogP contribution is 2.34. The Kier molecular flexibility index (Phi) is 2.23. The molecule has 0 aliphatic heterocycles. The zero-order valence-corrected chi connectivity index (χ0v) is 9.27. The highest BCUT2D eigenvalue weighted by Gasteiger charge is 2.23. The van der Waals surface area contributed by atoms with Crippen LogP contribution in [0.25, 0.3) is 11.2 Å². The van der Waals surface area contributed by atoms with E-state index in [1.54, 1.807) is 12.7 Å². The lowest BCUT2D eigenvalue weighted by atomic mass is 10.1. The van der Waals surface area contributed by atoms with Gasteiger partial charge in [-0.1, -0.05) is 12.8 Å². The topological polar surface area (TPSA) is 66.5 Å². The van der Waals surface area contributed by atoms with Gasteiger partial charge in [0.2, 0.25) is 0 Å². The fourth-order valence-corrected chi connectivity index (χ4v) is 2.02. The monoisotopic (exact) mass is 217 g/mol. The maximum absolute atomic E-state index is 4.25. The first kappa shape index (κ1) is 9.57. The normalized spacial score (nSPS) is 17.6. The largest absolute Gasteiger partial charge is 0.366 e. The first-order valence-corrected chi connectivity index (χ1v) is 5.73. The molecular formula is C11H15N5. The van der Waals surface area contributed by atoms with Gasteiger partial charge in [0, 0.05) is 6.04 Å². The van der Waals surface area contributed by atoms with Crippen molar-refractivity contribution in [3.05, 3.63) is 12.7 Å². The van der Waals surface area contributed by atoms with E-state index in [2.05, 4.69) is 32.2 Å². The first-order chi connectivity index (χ1) is 7.83. The van der Waals surface area contributed by atoms with Crippen LogP contribution in [0.3, 0.4) is 0 Å². The molecule has 3 rings (SSSR count). The van der Waals surface area contributed by atoms with Crippen LogP contribution in [0.4, 0.5) is 5.82 Å². The molecule has 1 fully saturated rings. The summed E-state index contributed by atoms with van der Waals surface area (Å²) in [6, 6.07) is 0.453. The maximum atomic E-state index is 4.25. The molecule has 1 aliphatic rings. The fraction of sp³-hybridized carbons (Fsp3) is 0.545. The Bertz CT molecular complexity index is 488. The number of anilines is 1. The Morgan fingerprint density at radius 2 is 2.31 bits per heavy atom. The molecule has 16 heavy (non-hydrogen) atoms. The number of nitrogens with zero attached hydrogens (tertiary/aromatic N) is 3. The number of aromatic amines is 1. The van der Waals surface area contributed by atoms with Gasteiger partial charge in [0.05, 0.1) is 6.33 Å². The van der Waals surface area contributed by atoms with E-state index in [4.69, 9.17) is 0 Å². The maximum Gasteiger partial charge on any atom is 0.182 e. The van der Waals surface area contributed by atoms with Crippen molar-refractivity contribution >= 4 is 17.0 Å². The number of hydrogen-bond acceptors (Lipinski definition) is 4. The minimum absolute atomic E-state index is 0.453. The molecule has 2 N–H and O–H groups in total. The van der Waals surface area contributed by atoms with Crippen LogP contribution in [0.2, 0.25) is 0 Å². The molecule has 1 aliphatic carbocycles. The summed E-state index contributed by atoms with van der Waals surface area (Å²) >= 11 is 0. The van der Waals surface area contributed by atoms with Gasteiger partial charge in [-0.2, -0.15) is 0 Å². The third kappa shape index (κ3) is 1.85. The highest BCUT2D eigenvalue weighted by atomic mass is 15.1. The summed E-state index contributed by atoms with van der Waals surface area (Å²) in [5.41, 5.74) is 1.61. The highest BCUT2D eigenvalue weighted by molar-refractivity contribution is 5.81. The summed E-state index contributed by atoms with van der Waals surface area (Å²) in [6.07, 6.45) is 7.19. The van der Waals surface area contributed by atoms with E-state index in [0.29, 0.717) is 6.04 Å². The van der Waals surface area contributed by atoms with E-state index in [0.717, 1.165) is 22.9 Å². The van der Waals surface area contributed by atoms with Gasteiger partial charge in [-0.05, 0) is 19.3 Å². The summed E-state index contributed by atoms with van der Waals surface area (Å²) in [5.74, 6) is 1.78. The second kappa shape index (κ2) is 3.73. The van der Waals surface area contributed by atoms with Crippen molar-refractivity contribution < 1.29 is 0 Å². The minimum Gasteiger partial charge on any atom is -0.366 e. The van der Waals surface area contributed by atoms with Crippen molar-refractivity contribution in [1.29, 1.82) is 0 Å². The fourth-order valence-electron chi connectivity index (χ4n) is 2.02. The van der Waals surface area contributed by atoms with Gasteiger partial charge < -0.3 is 10.3 Å². The van der Waals surface area contributed by atoms with E-state index in [-0.39, 0.29) is 0 Å². The quantitative estimate of drug-likeness (QED) is 0.821. The van der Waals surface area contributed by atoms with E-state index >= 15 is 0 Å². The van der Waals surface area contributed by atoms with Crippen molar-refractivity contribution in [3.63, 3.8) is 0 Å². The standard InChI is InChI=1S/C11H15N5/c1-7(4-8-2-3-8)16-11-9-10(13-5-12-9)14-6-15-11/h5-8H,2-4H2,1H3,(H2,12,13,14,15,16). The molecule has 5 heteroatoms. The van der Waals surface area contributed by atoms with Gasteiger partial charge in [-0.25, -0.2) is 15.0 Å². The van der Waals surface area contributed by atoms with Crippen molar-refractivity contribution in [1.82, 2.24) is 19.9 Å². The molecule has 0 radical (unpaired) electrons. The Balaban J connectivity index is 1.79. The van der Waals surface area contributed by atoms with Crippen LogP contribution in [-0.4, -0.2) is 26.0 Å². The lowest BCUT2D eigenvalue weighted by molar-refractivity contribution is 0.640. The van der Waals surface area contributed by atoms with Crippen LogP contribution >= 0.6 is 0 Å². The molecule has 2 aromatic rings. The molecular weight excluding hydrogens is 202 g/mol. The second-order valence-electron chi connectivity index (χ2n) is 4.55. The van der Waals surface area contributed by atoms with Gasteiger partial charge in [-0.15, -0.1) is 0 Å². The number of hydrogen-bond donors (Lipinski definition) is 2. The molecule has 0 aromatic carbocycles. The number of fused-ring (bicyclic) bond motifs is 1. The molecule has 1 unspecified atom stereocenters. The predicted molar refractivity (Wildman–Crippen MR) is 62.1 cm³/mol. The average molecular weight is 217 g/mol. The lowest BCUT2D eigenvalue weighted by Crippen LogP contribution is -2.17. The summed E-state index contributed by atoms with van der Waals surface area (Å²) < 4.78 is 0. The van der Waals surface area contributed by atoms with Crippen LogP contribution in [0.1, 0.15) is 26.2 Å². The third-order valence-corrected chi connectivity index (χ3v) is 2.99. The van der Waals surface area contributed by atoms with Crippen molar-refractivity contribution in [3.8, 4) is 0 Å². The second-order valence-corrected chi connectivity index (χ2v) is 4.55.